The summed E-state index contributed by atoms with van der Waals surface area (Å²) < 4.78 is 1.48. The van der Waals surface area contributed by atoms with Gasteiger partial charge in [0, 0.05) is 17.8 Å². The van der Waals surface area contributed by atoms with Gasteiger partial charge in [0.05, 0.1) is 11.8 Å². The van der Waals surface area contributed by atoms with Gasteiger partial charge in [-0.15, -0.1) is 11.3 Å². The van der Waals surface area contributed by atoms with Crippen LogP contribution in [0.25, 0.3) is 20.7 Å². The Morgan fingerprint density at radius 2 is 2.04 bits per heavy atom. The minimum Gasteiger partial charge on any atom is -0.481 e. The Balaban J connectivity index is 2.14. The van der Waals surface area contributed by atoms with E-state index in [2.05, 4.69) is 4.98 Å². The molecule has 0 atom stereocenters. The molecule has 118 valence electrons. The zero-order valence-corrected chi connectivity index (χ0v) is 13.5. The normalized spacial score (nSPS) is 11.0. The molecule has 1 N–H and O–H groups in total. The summed E-state index contributed by atoms with van der Waals surface area (Å²) in [4.78, 5) is 29.8. The number of carbonyl (C=O) groups is 1. The van der Waals surface area contributed by atoms with Crippen molar-refractivity contribution in [1.82, 2.24) is 9.55 Å². The molecule has 0 saturated carbocycles. The maximum Gasteiger partial charge on any atom is 0.305 e. The predicted octanol–water partition coefficient (Wildman–Crippen LogP) is 3.16. The van der Waals surface area contributed by atoms with E-state index in [9.17, 15) is 9.59 Å². The van der Waals surface area contributed by atoms with Crippen LogP contribution in [-0.2, 0) is 17.8 Å². The number of carboxylic acids is 1. The van der Waals surface area contributed by atoms with Gasteiger partial charge in [0.15, 0.2) is 0 Å². The number of hydrogen-bond acceptors (Lipinski definition) is 4. The zero-order valence-electron chi connectivity index (χ0n) is 12.7. The van der Waals surface area contributed by atoms with Gasteiger partial charge in [0.1, 0.15) is 10.7 Å². The molecule has 0 aliphatic rings. The van der Waals surface area contributed by atoms with Crippen molar-refractivity contribution in [2.24, 2.45) is 0 Å². The third-order valence-corrected chi connectivity index (χ3v) is 4.73. The van der Waals surface area contributed by atoms with E-state index >= 15 is 0 Å². The van der Waals surface area contributed by atoms with E-state index in [0.29, 0.717) is 22.5 Å². The molecule has 2 heterocycles. The van der Waals surface area contributed by atoms with Crippen LogP contribution in [0, 0.1) is 0 Å². The van der Waals surface area contributed by atoms with Crippen LogP contribution in [-0.4, -0.2) is 20.6 Å². The maximum atomic E-state index is 12.7. The number of aromatic nitrogens is 2. The Labute approximate surface area is 136 Å². The molecule has 3 aromatic rings. The smallest absolute Gasteiger partial charge is 0.305 e. The van der Waals surface area contributed by atoms with Crippen LogP contribution in [0.4, 0.5) is 0 Å². The van der Waals surface area contributed by atoms with E-state index < -0.39 is 5.97 Å². The number of aryl methyl sites for hydroxylation is 1. The van der Waals surface area contributed by atoms with Gasteiger partial charge in [-0.05, 0) is 11.6 Å². The molecular formula is C17H16N2O3S. The minimum absolute atomic E-state index is 0.0875. The topological polar surface area (TPSA) is 72.2 Å². The first-order valence-corrected chi connectivity index (χ1v) is 8.22. The average Bonchev–Trinajstić information content (AvgIpc) is 2.98. The monoisotopic (exact) mass is 328 g/mol. The zero-order chi connectivity index (χ0) is 16.4. The molecule has 0 fully saturated rings. The summed E-state index contributed by atoms with van der Waals surface area (Å²) in [7, 11) is 0. The maximum absolute atomic E-state index is 12.7. The lowest BCUT2D eigenvalue weighted by Crippen LogP contribution is -2.25. The highest BCUT2D eigenvalue weighted by Crippen LogP contribution is 2.31. The van der Waals surface area contributed by atoms with Gasteiger partial charge in [-0.2, -0.15) is 0 Å². The summed E-state index contributed by atoms with van der Waals surface area (Å²) in [6.45, 7) is 2.06. The van der Waals surface area contributed by atoms with Gasteiger partial charge in [0.2, 0.25) is 0 Å². The van der Waals surface area contributed by atoms with E-state index in [1.807, 2.05) is 43.3 Å². The second-order valence-corrected chi connectivity index (χ2v) is 6.21. The number of carboxylic acid groups (broad SMARTS) is 1. The molecule has 0 bridgehead atoms. The van der Waals surface area contributed by atoms with Gasteiger partial charge < -0.3 is 5.11 Å². The molecule has 2 aromatic heterocycles. The van der Waals surface area contributed by atoms with Crippen LogP contribution in [0.3, 0.4) is 0 Å². The molecule has 6 heteroatoms. The van der Waals surface area contributed by atoms with Crippen molar-refractivity contribution in [3.05, 3.63) is 52.6 Å². The van der Waals surface area contributed by atoms with Gasteiger partial charge >= 0.3 is 5.97 Å². The van der Waals surface area contributed by atoms with E-state index in [-0.39, 0.29) is 18.5 Å². The average molecular weight is 328 g/mol. The molecule has 3 rings (SSSR count). The van der Waals surface area contributed by atoms with E-state index in [1.165, 1.54) is 15.9 Å². The molecular weight excluding hydrogens is 312 g/mol. The molecule has 23 heavy (non-hydrogen) atoms. The second-order valence-electron chi connectivity index (χ2n) is 5.18. The van der Waals surface area contributed by atoms with Gasteiger partial charge in [0.25, 0.3) is 5.56 Å². The van der Waals surface area contributed by atoms with E-state index in [1.54, 1.807) is 0 Å². The molecule has 0 amide bonds. The van der Waals surface area contributed by atoms with Crippen molar-refractivity contribution in [2.45, 2.75) is 26.3 Å². The molecule has 1 aromatic carbocycles. The standard InChI is InChI=1S/C17H16N2O3S/c1-2-14-18-16-12(17(22)19(14)9-8-15(20)21)10-13(23-16)11-6-4-3-5-7-11/h3-7,10H,2,8-9H2,1H3,(H,20,21). The third-order valence-electron chi connectivity index (χ3n) is 3.65. The molecule has 0 spiro atoms. The molecule has 0 unspecified atom stereocenters. The molecule has 0 aliphatic carbocycles. The molecule has 0 saturated heterocycles. The van der Waals surface area contributed by atoms with Crippen molar-refractivity contribution in [2.75, 3.05) is 0 Å². The Bertz CT molecular complexity index is 913. The SMILES string of the molecule is CCc1nc2sc(-c3ccccc3)cc2c(=O)n1CCC(=O)O. The van der Waals surface area contributed by atoms with Crippen LogP contribution >= 0.6 is 11.3 Å². The fraction of sp³-hybridized carbons (Fsp3) is 0.235. The van der Waals surface area contributed by atoms with Gasteiger partial charge in [-0.1, -0.05) is 37.3 Å². The highest BCUT2D eigenvalue weighted by molar-refractivity contribution is 7.21. The van der Waals surface area contributed by atoms with Crippen LogP contribution in [0.5, 0.6) is 0 Å². The highest BCUT2D eigenvalue weighted by Gasteiger charge is 2.14. The largest absolute Gasteiger partial charge is 0.481 e. The van der Waals surface area contributed by atoms with E-state index in [4.69, 9.17) is 5.11 Å². The van der Waals surface area contributed by atoms with Crippen LogP contribution in [0.15, 0.2) is 41.2 Å². The van der Waals surface area contributed by atoms with Gasteiger partial charge in [-0.25, -0.2) is 4.98 Å². The first-order chi connectivity index (χ1) is 11.1. The van der Waals surface area contributed by atoms with Crippen molar-refractivity contribution in [3.63, 3.8) is 0 Å². The molecule has 5 nitrogen and oxygen atoms in total. The number of benzene rings is 1. The number of rotatable bonds is 5. The quantitative estimate of drug-likeness (QED) is 0.781. The van der Waals surface area contributed by atoms with Crippen molar-refractivity contribution < 1.29 is 9.90 Å². The van der Waals surface area contributed by atoms with Crippen molar-refractivity contribution >= 4 is 27.5 Å². The van der Waals surface area contributed by atoms with Crippen molar-refractivity contribution in [1.29, 1.82) is 0 Å². The summed E-state index contributed by atoms with van der Waals surface area (Å²) in [5, 5.41) is 9.41. The van der Waals surface area contributed by atoms with Crippen LogP contribution in [0.2, 0.25) is 0 Å². The van der Waals surface area contributed by atoms with Gasteiger partial charge in [-0.3, -0.25) is 14.2 Å². The highest BCUT2D eigenvalue weighted by atomic mass is 32.1. The summed E-state index contributed by atoms with van der Waals surface area (Å²) in [5.74, 6) is -0.292. The number of nitrogens with zero attached hydrogens (tertiary/aromatic N) is 2. The Kier molecular flexibility index (Phi) is 4.25. The van der Waals surface area contributed by atoms with E-state index in [0.717, 1.165) is 10.4 Å². The second kappa shape index (κ2) is 6.34. The fourth-order valence-electron chi connectivity index (χ4n) is 2.51. The summed E-state index contributed by atoms with van der Waals surface area (Å²) in [6, 6.07) is 11.7. The Morgan fingerprint density at radius 1 is 1.30 bits per heavy atom. The number of thiophene rings is 1. The van der Waals surface area contributed by atoms with Crippen LogP contribution in [0.1, 0.15) is 19.2 Å². The first-order valence-electron chi connectivity index (χ1n) is 7.40. The van der Waals surface area contributed by atoms with Crippen molar-refractivity contribution in [3.8, 4) is 10.4 Å². The Morgan fingerprint density at radius 3 is 2.70 bits per heavy atom. The minimum atomic E-state index is -0.922. The lowest BCUT2D eigenvalue weighted by Gasteiger charge is -2.09. The van der Waals surface area contributed by atoms with Crippen LogP contribution < -0.4 is 5.56 Å². The summed E-state index contributed by atoms with van der Waals surface area (Å²) >= 11 is 1.49. The number of fused-ring (bicyclic) bond motifs is 1. The predicted molar refractivity (Wildman–Crippen MR) is 90.9 cm³/mol. The lowest BCUT2D eigenvalue weighted by atomic mass is 10.2. The summed E-state index contributed by atoms with van der Waals surface area (Å²) in [5.41, 5.74) is 0.886. The third kappa shape index (κ3) is 3.03. The number of hydrogen-bond donors (Lipinski definition) is 1. The Hall–Kier alpha value is -2.47. The molecule has 0 aliphatic heterocycles. The lowest BCUT2D eigenvalue weighted by molar-refractivity contribution is -0.137. The fourth-order valence-corrected chi connectivity index (χ4v) is 3.56. The summed E-state index contributed by atoms with van der Waals surface area (Å²) in [6.07, 6.45) is 0.499. The molecule has 0 radical (unpaired) electrons. The first kappa shape index (κ1) is 15.4. The number of aliphatic carboxylic acids is 1.